The number of phosphoric acid groups is 2. The second-order valence-electron chi connectivity index (χ2n) is 25.1. The first-order chi connectivity index (χ1) is 40.8. The Labute approximate surface area is 517 Å². The van der Waals surface area contributed by atoms with Crippen LogP contribution in [0.5, 0.6) is 0 Å². The molecule has 0 radical (unpaired) electrons. The van der Waals surface area contributed by atoms with Gasteiger partial charge in [0.25, 0.3) is 0 Å². The fraction of sp³-hybridized carbons (Fsp3) is 0.939. The third kappa shape index (κ3) is 59.5. The number of aliphatic hydroxyl groups excluding tert-OH is 1. The van der Waals surface area contributed by atoms with Crippen LogP contribution in [0.2, 0.25) is 0 Å². The number of hydrogen-bond acceptors (Lipinski definition) is 15. The molecular formula is C66H128O17P2. The molecule has 3 N–H and O–H groups in total. The van der Waals surface area contributed by atoms with Gasteiger partial charge in [-0.15, -0.1) is 0 Å². The molecule has 0 bridgehead atoms. The largest absolute Gasteiger partial charge is 0.472 e. The van der Waals surface area contributed by atoms with E-state index in [9.17, 15) is 43.2 Å². The van der Waals surface area contributed by atoms with E-state index in [1.807, 2.05) is 0 Å². The van der Waals surface area contributed by atoms with E-state index >= 15 is 0 Å². The van der Waals surface area contributed by atoms with E-state index < -0.39 is 97.5 Å². The first kappa shape index (κ1) is 83.1. The maximum atomic E-state index is 13.0. The highest BCUT2D eigenvalue weighted by atomic mass is 31.2. The number of hydrogen-bond donors (Lipinski definition) is 3. The van der Waals surface area contributed by atoms with Crippen molar-refractivity contribution in [2.24, 2.45) is 17.8 Å². The van der Waals surface area contributed by atoms with Crippen LogP contribution in [-0.4, -0.2) is 96.7 Å². The molecule has 19 heteroatoms. The van der Waals surface area contributed by atoms with Crippen LogP contribution in [0.1, 0.15) is 325 Å². The van der Waals surface area contributed by atoms with Gasteiger partial charge in [0, 0.05) is 25.7 Å². The van der Waals surface area contributed by atoms with Crippen LogP contribution >= 0.6 is 15.6 Å². The van der Waals surface area contributed by atoms with Gasteiger partial charge in [0.15, 0.2) is 12.2 Å². The molecule has 504 valence electrons. The molecule has 0 rings (SSSR count). The fourth-order valence-electron chi connectivity index (χ4n) is 9.80. The molecule has 0 aliphatic carbocycles. The molecule has 0 saturated heterocycles. The maximum absolute atomic E-state index is 13.0. The Morgan fingerprint density at radius 3 is 0.894 bits per heavy atom. The Kier molecular flexibility index (Phi) is 55.9. The first-order valence-corrected chi connectivity index (χ1v) is 37.4. The Hall–Kier alpha value is -1.94. The quantitative estimate of drug-likeness (QED) is 0.0222. The van der Waals surface area contributed by atoms with Crippen LogP contribution in [-0.2, 0) is 65.4 Å². The first-order valence-electron chi connectivity index (χ1n) is 34.4. The van der Waals surface area contributed by atoms with Gasteiger partial charge in [0.05, 0.1) is 26.4 Å². The van der Waals surface area contributed by atoms with Crippen LogP contribution in [0, 0.1) is 17.8 Å². The minimum absolute atomic E-state index is 0.105. The molecule has 0 amide bonds. The molecule has 17 nitrogen and oxygen atoms in total. The van der Waals surface area contributed by atoms with Gasteiger partial charge in [-0.05, 0) is 43.4 Å². The molecule has 0 fully saturated rings. The summed E-state index contributed by atoms with van der Waals surface area (Å²) in [6, 6.07) is 0. The molecule has 85 heavy (non-hydrogen) atoms. The van der Waals surface area contributed by atoms with Gasteiger partial charge < -0.3 is 33.8 Å². The summed E-state index contributed by atoms with van der Waals surface area (Å²) in [5.41, 5.74) is 0. The SMILES string of the molecule is CCCCCCCCCCCCCC(=O)O[C@H](COC(=O)CCCCCCCCC(C)C)COP(=O)(O)OC[C@H](O)COP(=O)(O)OC[C@@H](COC(=O)CCCCCCCCCCC(C)C)OC(=O)CCCCCCCCCCCCC(C)CC. The van der Waals surface area contributed by atoms with Crippen LogP contribution in [0.4, 0.5) is 0 Å². The summed E-state index contributed by atoms with van der Waals surface area (Å²) in [7, 11) is -9.89. The lowest BCUT2D eigenvalue weighted by atomic mass is 9.99. The molecule has 0 spiro atoms. The van der Waals surface area contributed by atoms with E-state index in [-0.39, 0.29) is 25.7 Å². The molecular weight excluding hydrogens is 1130 g/mol. The van der Waals surface area contributed by atoms with Gasteiger partial charge >= 0.3 is 39.5 Å². The molecule has 0 aliphatic heterocycles. The van der Waals surface area contributed by atoms with Crippen LogP contribution in [0.25, 0.3) is 0 Å². The average molecular weight is 1260 g/mol. The van der Waals surface area contributed by atoms with Crippen molar-refractivity contribution in [3.05, 3.63) is 0 Å². The second-order valence-corrected chi connectivity index (χ2v) is 28.0. The minimum atomic E-state index is -4.95. The molecule has 6 atom stereocenters. The normalized spacial score (nSPS) is 14.6. The van der Waals surface area contributed by atoms with E-state index in [1.54, 1.807) is 0 Å². The highest BCUT2D eigenvalue weighted by Crippen LogP contribution is 2.45. The zero-order valence-electron chi connectivity index (χ0n) is 55.1. The third-order valence-corrected chi connectivity index (χ3v) is 17.4. The molecule has 3 unspecified atom stereocenters. The summed E-state index contributed by atoms with van der Waals surface area (Å²) in [6.07, 6.45) is 39.0. The van der Waals surface area contributed by atoms with Crippen LogP contribution in [0.3, 0.4) is 0 Å². The smallest absolute Gasteiger partial charge is 0.462 e. The topological polar surface area (TPSA) is 237 Å². The number of phosphoric ester groups is 2. The predicted molar refractivity (Wildman–Crippen MR) is 340 cm³/mol. The maximum Gasteiger partial charge on any atom is 0.472 e. The monoisotopic (exact) mass is 1250 g/mol. The number of unbranched alkanes of at least 4 members (excludes halogenated alkanes) is 31. The van der Waals surface area contributed by atoms with E-state index in [0.717, 1.165) is 108 Å². The fourth-order valence-corrected chi connectivity index (χ4v) is 11.4. The van der Waals surface area contributed by atoms with Crippen molar-refractivity contribution in [3.8, 4) is 0 Å². The molecule has 0 aromatic rings. The molecule has 0 saturated carbocycles. The average Bonchev–Trinajstić information content (AvgIpc) is 3.54. The predicted octanol–water partition coefficient (Wildman–Crippen LogP) is 18.3. The molecule has 0 aromatic heterocycles. The van der Waals surface area contributed by atoms with Gasteiger partial charge in [-0.3, -0.25) is 37.3 Å². The van der Waals surface area contributed by atoms with Gasteiger partial charge in [-0.1, -0.05) is 273 Å². The zero-order valence-corrected chi connectivity index (χ0v) is 56.9. The lowest BCUT2D eigenvalue weighted by molar-refractivity contribution is -0.161. The van der Waals surface area contributed by atoms with E-state index in [1.165, 1.54) is 128 Å². The highest BCUT2D eigenvalue weighted by molar-refractivity contribution is 7.47. The summed E-state index contributed by atoms with van der Waals surface area (Å²) in [4.78, 5) is 72.3. The number of rotatable bonds is 64. The minimum Gasteiger partial charge on any atom is -0.462 e. The van der Waals surface area contributed by atoms with Crippen molar-refractivity contribution in [3.63, 3.8) is 0 Å². The van der Waals surface area contributed by atoms with Gasteiger partial charge in [-0.25, -0.2) is 9.13 Å². The Morgan fingerprint density at radius 2 is 0.600 bits per heavy atom. The van der Waals surface area contributed by atoms with Gasteiger partial charge in [0.2, 0.25) is 0 Å². The number of esters is 4. The highest BCUT2D eigenvalue weighted by Gasteiger charge is 2.30. The van der Waals surface area contributed by atoms with Crippen molar-refractivity contribution < 1.29 is 80.2 Å². The number of carbonyl (C=O) groups is 4. The van der Waals surface area contributed by atoms with E-state index in [0.29, 0.717) is 31.6 Å². The summed E-state index contributed by atoms with van der Waals surface area (Å²) >= 11 is 0. The Balaban J connectivity index is 5.25. The summed E-state index contributed by atoms with van der Waals surface area (Å²) in [5.74, 6) is 0.0750. The van der Waals surface area contributed by atoms with Crippen molar-refractivity contribution in [1.29, 1.82) is 0 Å². The Bertz CT molecular complexity index is 1680. The summed E-state index contributed by atoms with van der Waals surface area (Å²) in [6.45, 7) is 11.7. The number of ether oxygens (including phenoxy) is 4. The number of carbonyl (C=O) groups excluding carboxylic acids is 4. The standard InChI is InChI=1S/C66H128O17P2/c1-8-10-11-12-13-14-15-19-26-35-42-49-65(70)83-62(54-77-64(69)48-41-34-29-28-31-38-45-58(5)6)56-81-85(74,75)79-52-60(67)51-78-84(72,73)80-55-61(53-76-63(68)47-40-33-25-22-21-23-30-37-44-57(3)4)82-66(71)50-43-36-27-20-17-16-18-24-32-39-46-59(7)9-2/h57-62,67H,8-56H2,1-7H3,(H,72,73)(H,74,75)/t59?,60-,61-,62-/m1/s1. The second kappa shape index (κ2) is 57.2. The molecule has 0 aliphatic rings. The summed E-state index contributed by atoms with van der Waals surface area (Å²) < 4.78 is 68.1. The summed E-state index contributed by atoms with van der Waals surface area (Å²) in [5, 5.41) is 10.5. The number of aliphatic hydroxyl groups is 1. The van der Waals surface area contributed by atoms with Crippen molar-refractivity contribution in [1.82, 2.24) is 0 Å². The lowest BCUT2D eigenvalue weighted by Crippen LogP contribution is -2.30. The van der Waals surface area contributed by atoms with Crippen molar-refractivity contribution >= 4 is 39.5 Å². The van der Waals surface area contributed by atoms with Crippen molar-refractivity contribution in [2.75, 3.05) is 39.6 Å². The van der Waals surface area contributed by atoms with Crippen LogP contribution < -0.4 is 0 Å². The lowest BCUT2D eigenvalue weighted by Gasteiger charge is -2.21. The zero-order chi connectivity index (χ0) is 63.1. The van der Waals surface area contributed by atoms with E-state index in [4.69, 9.17) is 37.0 Å². The van der Waals surface area contributed by atoms with Crippen LogP contribution in [0.15, 0.2) is 0 Å². The molecule has 0 aromatic carbocycles. The van der Waals surface area contributed by atoms with Crippen molar-refractivity contribution in [2.45, 2.75) is 343 Å². The third-order valence-electron chi connectivity index (χ3n) is 15.5. The van der Waals surface area contributed by atoms with Gasteiger partial charge in [-0.2, -0.15) is 0 Å². The Morgan fingerprint density at radius 1 is 0.341 bits per heavy atom. The van der Waals surface area contributed by atoms with E-state index in [2.05, 4.69) is 48.5 Å². The van der Waals surface area contributed by atoms with Gasteiger partial charge in [0.1, 0.15) is 19.3 Å². The molecule has 0 heterocycles.